The number of carbonyl (C=O) groups excluding carboxylic acids is 1. The quantitative estimate of drug-likeness (QED) is 0.173. The first-order valence-electron chi connectivity index (χ1n) is 10.3. The van der Waals surface area contributed by atoms with Gasteiger partial charge in [-0.1, -0.05) is 56.5 Å². The fraction of sp³-hybridized carbons (Fsp3) is 0.500. The van der Waals surface area contributed by atoms with E-state index in [2.05, 4.69) is 25.1 Å². The molecule has 0 unspecified atom stereocenters. The Morgan fingerprint density at radius 1 is 1.11 bits per heavy atom. The van der Waals surface area contributed by atoms with E-state index in [1.54, 1.807) is 6.08 Å². The molecule has 0 spiro atoms. The van der Waals surface area contributed by atoms with Crippen molar-refractivity contribution in [3.05, 3.63) is 54.1 Å². The van der Waals surface area contributed by atoms with Gasteiger partial charge in [0.2, 0.25) is 0 Å². The number of nitrogens with zero attached hydrogens (tertiary/aromatic N) is 1. The number of benzene rings is 1. The molecule has 144 valence electrons. The van der Waals surface area contributed by atoms with Gasteiger partial charge in [-0.15, -0.1) is 0 Å². The topological polar surface area (TPSA) is 50.1 Å². The van der Waals surface area contributed by atoms with Crippen molar-refractivity contribution >= 4 is 5.97 Å². The van der Waals surface area contributed by atoms with Crippen molar-refractivity contribution in [2.45, 2.75) is 64.7 Å². The van der Waals surface area contributed by atoms with Crippen LogP contribution in [0.2, 0.25) is 0 Å². The fourth-order valence-electron chi connectivity index (χ4n) is 3.55. The zero-order valence-electron chi connectivity index (χ0n) is 16.4. The number of unbranched alkanes of at least 4 members (excludes halogenated alkanes) is 3. The van der Waals surface area contributed by atoms with Crippen LogP contribution in [-0.2, 0) is 11.2 Å². The molecule has 3 heteroatoms. The van der Waals surface area contributed by atoms with Gasteiger partial charge in [-0.3, -0.25) is 4.79 Å². The van der Waals surface area contributed by atoms with E-state index in [0.29, 0.717) is 11.7 Å². The van der Waals surface area contributed by atoms with Gasteiger partial charge in [-0.05, 0) is 62.1 Å². The van der Waals surface area contributed by atoms with Crippen LogP contribution in [0.4, 0.5) is 0 Å². The number of esters is 1. The van der Waals surface area contributed by atoms with E-state index in [1.807, 2.05) is 24.3 Å². The molecule has 2 rings (SSSR count). The monoisotopic (exact) mass is 365 g/mol. The number of nitriles is 1. The molecule has 1 aliphatic carbocycles. The third-order valence-corrected chi connectivity index (χ3v) is 5.23. The molecule has 1 aromatic carbocycles. The van der Waals surface area contributed by atoms with E-state index in [1.165, 1.54) is 37.3 Å². The van der Waals surface area contributed by atoms with E-state index >= 15 is 0 Å². The SMILES string of the molecule is CCCCCCc1ccc(OC(=O)[C@H]2CC[C@H](C=CC=CC#N)CC2)cc1. The molecule has 1 fully saturated rings. The number of carbonyl (C=O) groups is 1. The van der Waals surface area contributed by atoms with Gasteiger partial charge in [0.05, 0.1) is 12.0 Å². The van der Waals surface area contributed by atoms with Crippen LogP contribution in [0.3, 0.4) is 0 Å². The highest BCUT2D eigenvalue weighted by molar-refractivity contribution is 5.75. The summed E-state index contributed by atoms with van der Waals surface area (Å²) in [5.74, 6) is 1.04. The van der Waals surface area contributed by atoms with Gasteiger partial charge >= 0.3 is 5.97 Å². The standard InChI is InChI=1S/C24H31NO2/c1-2-3-4-6-9-21-13-17-23(18-14-21)27-24(26)22-15-11-20(12-16-22)10-7-5-8-19-25/h5,7-8,10,13-14,17-18,20,22H,2-4,6,9,11-12,15-16H2,1H3/t20-,22-. The molecule has 0 N–H and O–H groups in total. The molecule has 0 atom stereocenters. The summed E-state index contributed by atoms with van der Waals surface area (Å²) in [6.45, 7) is 2.22. The van der Waals surface area contributed by atoms with Gasteiger partial charge in [-0.25, -0.2) is 0 Å². The second-order valence-electron chi connectivity index (χ2n) is 7.36. The first-order valence-corrected chi connectivity index (χ1v) is 10.3. The summed E-state index contributed by atoms with van der Waals surface area (Å²) in [6, 6.07) is 9.96. The zero-order chi connectivity index (χ0) is 19.3. The summed E-state index contributed by atoms with van der Waals surface area (Å²) in [4.78, 5) is 12.4. The van der Waals surface area contributed by atoms with Crippen LogP contribution in [-0.4, -0.2) is 5.97 Å². The second kappa shape index (κ2) is 12.1. The number of ether oxygens (including phenoxy) is 1. The molecule has 0 bridgehead atoms. The molecule has 3 nitrogen and oxygen atoms in total. The van der Waals surface area contributed by atoms with Crippen LogP contribution >= 0.6 is 0 Å². The van der Waals surface area contributed by atoms with Crippen molar-refractivity contribution in [1.29, 1.82) is 5.26 Å². The molecule has 27 heavy (non-hydrogen) atoms. The van der Waals surface area contributed by atoms with Crippen LogP contribution in [0.15, 0.2) is 48.6 Å². The Bertz CT molecular complexity index is 659. The Kier molecular flexibility index (Phi) is 9.41. The Balaban J connectivity index is 1.73. The molecule has 0 aliphatic heterocycles. The highest BCUT2D eigenvalue weighted by Crippen LogP contribution is 2.31. The van der Waals surface area contributed by atoms with Gasteiger partial charge in [0.15, 0.2) is 0 Å². The van der Waals surface area contributed by atoms with Crippen molar-refractivity contribution in [3.63, 3.8) is 0 Å². The fourth-order valence-corrected chi connectivity index (χ4v) is 3.55. The van der Waals surface area contributed by atoms with E-state index in [4.69, 9.17) is 10.00 Å². The van der Waals surface area contributed by atoms with Gasteiger partial charge < -0.3 is 4.74 Å². The van der Waals surface area contributed by atoms with Crippen molar-refractivity contribution in [2.75, 3.05) is 0 Å². The molecule has 0 aromatic heterocycles. The lowest BCUT2D eigenvalue weighted by Gasteiger charge is -2.25. The smallest absolute Gasteiger partial charge is 0.314 e. The van der Waals surface area contributed by atoms with Crippen molar-refractivity contribution in [2.24, 2.45) is 11.8 Å². The molecule has 1 saturated carbocycles. The molecule has 0 radical (unpaired) electrons. The van der Waals surface area contributed by atoms with Gasteiger partial charge in [0, 0.05) is 6.08 Å². The van der Waals surface area contributed by atoms with Gasteiger partial charge in [0.25, 0.3) is 0 Å². The summed E-state index contributed by atoms with van der Waals surface area (Å²) in [5, 5.41) is 8.47. The normalized spacial score (nSPS) is 20.0. The predicted molar refractivity (Wildman–Crippen MR) is 109 cm³/mol. The minimum atomic E-state index is -0.0995. The maximum absolute atomic E-state index is 12.4. The maximum atomic E-state index is 12.4. The van der Waals surface area contributed by atoms with E-state index in [-0.39, 0.29) is 11.9 Å². The third-order valence-electron chi connectivity index (χ3n) is 5.23. The molecular formula is C24H31NO2. The van der Waals surface area contributed by atoms with Crippen LogP contribution in [0.1, 0.15) is 63.9 Å². The Labute approximate surface area is 163 Å². The van der Waals surface area contributed by atoms with Gasteiger partial charge in [-0.2, -0.15) is 5.26 Å². The van der Waals surface area contributed by atoms with Crippen LogP contribution in [0.25, 0.3) is 0 Å². The largest absolute Gasteiger partial charge is 0.426 e. The number of rotatable bonds is 9. The van der Waals surface area contributed by atoms with Gasteiger partial charge in [0.1, 0.15) is 5.75 Å². The highest BCUT2D eigenvalue weighted by atomic mass is 16.5. The predicted octanol–water partition coefficient (Wildman–Crippen LogP) is 6.16. The lowest BCUT2D eigenvalue weighted by Crippen LogP contribution is -2.25. The Morgan fingerprint density at radius 2 is 1.85 bits per heavy atom. The lowest BCUT2D eigenvalue weighted by molar-refractivity contribution is -0.140. The molecular weight excluding hydrogens is 334 g/mol. The minimum absolute atomic E-state index is 0.00183. The first-order chi connectivity index (χ1) is 13.2. The summed E-state index contributed by atoms with van der Waals surface area (Å²) >= 11 is 0. The summed E-state index contributed by atoms with van der Waals surface area (Å²) in [5.41, 5.74) is 1.31. The third kappa shape index (κ3) is 7.83. The summed E-state index contributed by atoms with van der Waals surface area (Å²) < 4.78 is 5.60. The molecule has 0 amide bonds. The molecule has 0 heterocycles. The van der Waals surface area contributed by atoms with Crippen molar-refractivity contribution in [1.82, 2.24) is 0 Å². The average Bonchev–Trinajstić information content (AvgIpc) is 2.70. The minimum Gasteiger partial charge on any atom is -0.426 e. The summed E-state index contributed by atoms with van der Waals surface area (Å²) in [7, 11) is 0. The molecule has 0 saturated heterocycles. The molecule has 1 aliphatic rings. The van der Waals surface area contributed by atoms with E-state index in [0.717, 1.165) is 32.1 Å². The first kappa shape index (κ1) is 21.0. The molecule has 1 aromatic rings. The average molecular weight is 366 g/mol. The van der Waals surface area contributed by atoms with Crippen LogP contribution < -0.4 is 4.74 Å². The Hall–Kier alpha value is -2.34. The zero-order valence-corrected chi connectivity index (χ0v) is 16.4. The van der Waals surface area contributed by atoms with Crippen molar-refractivity contribution < 1.29 is 9.53 Å². The number of aryl methyl sites for hydroxylation is 1. The lowest BCUT2D eigenvalue weighted by atomic mass is 9.82. The highest BCUT2D eigenvalue weighted by Gasteiger charge is 2.26. The number of hydrogen-bond acceptors (Lipinski definition) is 3. The number of allylic oxidation sites excluding steroid dienone is 4. The van der Waals surface area contributed by atoms with Crippen molar-refractivity contribution in [3.8, 4) is 11.8 Å². The second-order valence-corrected chi connectivity index (χ2v) is 7.36. The Morgan fingerprint density at radius 3 is 2.52 bits per heavy atom. The number of hydrogen-bond donors (Lipinski definition) is 0. The van der Waals surface area contributed by atoms with E-state index < -0.39 is 0 Å². The van der Waals surface area contributed by atoms with Crippen LogP contribution in [0, 0.1) is 23.2 Å². The van der Waals surface area contributed by atoms with Crippen LogP contribution in [0.5, 0.6) is 5.75 Å². The van der Waals surface area contributed by atoms with E-state index in [9.17, 15) is 4.79 Å². The summed E-state index contributed by atoms with van der Waals surface area (Å²) in [6.07, 6.45) is 17.1. The maximum Gasteiger partial charge on any atom is 0.314 e.